The van der Waals surface area contributed by atoms with E-state index in [0.717, 1.165) is 44.9 Å². The Labute approximate surface area is 525 Å². The van der Waals surface area contributed by atoms with Crippen LogP contribution in [0, 0.1) is 0 Å². The van der Waals surface area contributed by atoms with Crippen molar-refractivity contribution in [3.63, 3.8) is 0 Å². The highest BCUT2D eigenvalue weighted by Crippen LogP contribution is 2.30. The molecule has 0 radical (unpaired) electrons. The Morgan fingerprint density at radius 1 is 0.407 bits per heavy atom. The van der Waals surface area contributed by atoms with Crippen LogP contribution in [0.1, 0.15) is 322 Å². The van der Waals surface area contributed by atoms with Crippen molar-refractivity contribution in [3.05, 3.63) is 36.5 Å². The van der Waals surface area contributed by atoms with Gasteiger partial charge in [-0.25, -0.2) is 0 Å². The average Bonchev–Trinajstić information content (AvgIpc) is 2.52. The molecule has 2 saturated heterocycles. The maximum absolute atomic E-state index is 13.3. The third-order valence-electron chi connectivity index (χ3n) is 17.8. The maximum atomic E-state index is 13.3. The maximum Gasteiger partial charge on any atom is 0.220 e. The number of ether oxygens (including phenoxy) is 4. The second-order valence-corrected chi connectivity index (χ2v) is 25.7. The molecule has 2 heterocycles. The molecule has 0 bridgehead atoms. The summed E-state index contributed by atoms with van der Waals surface area (Å²) >= 11 is 0. The van der Waals surface area contributed by atoms with Crippen LogP contribution >= 0.6 is 0 Å². The van der Waals surface area contributed by atoms with Crippen LogP contribution in [0.25, 0.3) is 0 Å². The molecule has 2 aliphatic heterocycles. The van der Waals surface area contributed by atoms with Gasteiger partial charge in [0.15, 0.2) is 12.6 Å². The molecule has 14 nitrogen and oxygen atoms in total. The van der Waals surface area contributed by atoms with Crippen molar-refractivity contribution in [2.75, 3.05) is 19.8 Å². The van der Waals surface area contributed by atoms with Crippen molar-refractivity contribution in [1.82, 2.24) is 5.32 Å². The zero-order chi connectivity index (χ0) is 62.3. The summed E-state index contributed by atoms with van der Waals surface area (Å²) in [6.07, 6.45) is 56.7. The monoisotopic (exact) mass is 1220 g/mol. The summed E-state index contributed by atoms with van der Waals surface area (Å²) in [6.45, 7) is 2.79. The van der Waals surface area contributed by atoms with Gasteiger partial charge in [-0.3, -0.25) is 4.79 Å². The standard InChI is InChI=1S/C72H135NO13/c1-3-5-7-9-11-13-15-17-19-20-21-22-23-24-25-26-27-28-29-30-31-32-33-34-35-36-37-38-39-40-42-44-46-48-50-52-54-56-64(77)73-60(61(76)55-53-51-49-47-45-43-41-18-16-14-12-10-8-6-4-2)59-83-71-69(82)67(80)70(63(58-75)85-71)86-72-68(81)66(79)65(78)62(57-74)84-72/h16,18,45,47,53,55,60-63,65-72,74-76,78-82H,3-15,17,19-44,46,48-52,54,56-59H2,1-2H3,(H,73,77)/b18-16+,47-45+,55-53+. The Hall–Kier alpha value is -1.79. The van der Waals surface area contributed by atoms with E-state index in [2.05, 4.69) is 43.5 Å². The van der Waals surface area contributed by atoms with E-state index in [0.29, 0.717) is 12.8 Å². The van der Waals surface area contributed by atoms with Gasteiger partial charge in [-0.1, -0.05) is 307 Å². The summed E-state index contributed by atoms with van der Waals surface area (Å²) < 4.78 is 22.8. The first-order valence-corrected chi connectivity index (χ1v) is 36.2. The molecule has 0 aliphatic carbocycles. The minimum absolute atomic E-state index is 0.248. The van der Waals surface area contributed by atoms with Crippen molar-refractivity contribution in [3.8, 4) is 0 Å². The summed E-state index contributed by atoms with van der Waals surface area (Å²) in [5.74, 6) is -0.248. The predicted molar refractivity (Wildman–Crippen MR) is 351 cm³/mol. The quantitative estimate of drug-likeness (QED) is 0.0204. The lowest BCUT2D eigenvalue weighted by molar-refractivity contribution is -0.359. The van der Waals surface area contributed by atoms with E-state index >= 15 is 0 Å². The van der Waals surface area contributed by atoms with Gasteiger partial charge in [0.1, 0.15) is 48.8 Å². The number of carbonyl (C=O) groups is 1. The van der Waals surface area contributed by atoms with Gasteiger partial charge >= 0.3 is 0 Å². The summed E-state index contributed by atoms with van der Waals surface area (Å²) in [6, 6.07) is -0.936. The molecule has 1 amide bonds. The Balaban J connectivity index is 1.58. The number of unbranched alkanes of at least 4 members (excludes halogenated alkanes) is 43. The lowest BCUT2D eigenvalue weighted by Gasteiger charge is -2.46. The molecule has 0 aromatic heterocycles. The van der Waals surface area contributed by atoms with Gasteiger partial charge in [-0.05, 0) is 44.9 Å². The third kappa shape index (κ3) is 40.8. The largest absolute Gasteiger partial charge is 0.394 e. The number of aliphatic hydroxyl groups is 8. The Kier molecular flexibility index (Phi) is 53.4. The van der Waals surface area contributed by atoms with E-state index in [-0.39, 0.29) is 18.9 Å². The highest BCUT2D eigenvalue weighted by molar-refractivity contribution is 5.76. The first-order valence-electron chi connectivity index (χ1n) is 36.2. The fourth-order valence-electron chi connectivity index (χ4n) is 12.0. The summed E-state index contributed by atoms with van der Waals surface area (Å²) in [5, 5.41) is 87.2. The normalized spacial score (nSPS) is 23.6. The molecule has 12 unspecified atom stereocenters. The van der Waals surface area contributed by atoms with E-state index in [1.54, 1.807) is 6.08 Å². The summed E-state index contributed by atoms with van der Waals surface area (Å²) in [5.41, 5.74) is 0. The number of amides is 1. The molecular weight excluding hydrogens is 1090 g/mol. The van der Waals surface area contributed by atoms with Crippen LogP contribution in [-0.2, 0) is 23.7 Å². The molecule has 0 saturated carbocycles. The number of hydrogen-bond donors (Lipinski definition) is 9. The fraction of sp³-hybridized carbons (Fsp3) is 0.903. The van der Waals surface area contributed by atoms with E-state index < -0.39 is 86.8 Å². The number of rotatable bonds is 60. The van der Waals surface area contributed by atoms with E-state index in [1.807, 2.05) is 6.08 Å². The molecular formula is C72H135NO13. The third-order valence-corrected chi connectivity index (χ3v) is 17.8. The van der Waals surface area contributed by atoms with Gasteiger partial charge in [-0.15, -0.1) is 0 Å². The van der Waals surface area contributed by atoms with Crippen molar-refractivity contribution >= 4 is 5.91 Å². The smallest absolute Gasteiger partial charge is 0.220 e. The van der Waals surface area contributed by atoms with Gasteiger partial charge in [-0.2, -0.15) is 0 Å². The Morgan fingerprint density at radius 2 is 0.744 bits per heavy atom. The van der Waals surface area contributed by atoms with E-state index in [1.165, 1.54) is 244 Å². The second kappa shape index (κ2) is 57.1. The predicted octanol–water partition coefficient (Wildman–Crippen LogP) is 14.9. The zero-order valence-corrected chi connectivity index (χ0v) is 55.1. The number of allylic oxidation sites excluding steroid dienone is 5. The molecule has 0 aromatic rings. The van der Waals surface area contributed by atoms with Crippen LogP contribution < -0.4 is 5.32 Å². The zero-order valence-electron chi connectivity index (χ0n) is 55.1. The van der Waals surface area contributed by atoms with Gasteiger partial charge in [0.25, 0.3) is 0 Å². The highest BCUT2D eigenvalue weighted by atomic mass is 16.7. The summed E-state index contributed by atoms with van der Waals surface area (Å²) in [7, 11) is 0. The lowest BCUT2D eigenvalue weighted by atomic mass is 9.97. The topological polar surface area (TPSA) is 228 Å². The number of hydrogen-bond acceptors (Lipinski definition) is 13. The first-order chi connectivity index (χ1) is 42.1. The Bertz CT molecular complexity index is 1580. The lowest BCUT2D eigenvalue weighted by Crippen LogP contribution is -2.65. The number of aliphatic hydroxyl groups excluding tert-OH is 8. The Morgan fingerprint density at radius 3 is 1.14 bits per heavy atom. The van der Waals surface area contributed by atoms with Crippen LogP contribution in [0.2, 0.25) is 0 Å². The number of carbonyl (C=O) groups excluding carboxylic acids is 1. The first kappa shape index (κ1) is 80.3. The van der Waals surface area contributed by atoms with Crippen molar-refractivity contribution in [2.45, 2.75) is 396 Å². The molecule has 86 heavy (non-hydrogen) atoms. The van der Waals surface area contributed by atoms with E-state index in [4.69, 9.17) is 18.9 Å². The highest BCUT2D eigenvalue weighted by Gasteiger charge is 2.51. The van der Waals surface area contributed by atoms with Crippen LogP contribution in [-0.4, -0.2) is 140 Å². The van der Waals surface area contributed by atoms with Gasteiger partial charge in [0.2, 0.25) is 5.91 Å². The van der Waals surface area contributed by atoms with Crippen LogP contribution in [0.15, 0.2) is 36.5 Å². The molecule has 2 rings (SSSR count). The average molecular weight is 1220 g/mol. The van der Waals surface area contributed by atoms with Gasteiger partial charge < -0.3 is 65.1 Å². The minimum atomic E-state index is -1.79. The van der Waals surface area contributed by atoms with Gasteiger partial charge in [0.05, 0.1) is 32.0 Å². The van der Waals surface area contributed by atoms with E-state index in [9.17, 15) is 45.6 Å². The SMILES string of the molecule is CCCCCCC/C=C/CC/C=C/CC/C=C/C(O)C(COC1OC(CO)C(OC2OC(CO)C(O)C(O)C2O)C(O)C1O)NC(=O)CCCCCCCCCCCCCCCCCCCCCCCCCCCCCCCCCCCCCCC. The van der Waals surface area contributed by atoms with Crippen LogP contribution in [0.4, 0.5) is 0 Å². The number of nitrogens with one attached hydrogen (secondary N) is 1. The van der Waals surface area contributed by atoms with Crippen LogP contribution in [0.5, 0.6) is 0 Å². The minimum Gasteiger partial charge on any atom is -0.394 e. The van der Waals surface area contributed by atoms with Crippen molar-refractivity contribution in [2.24, 2.45) is 0 Å². The molecule has 0 aromatic carbocycles. The van der Waals surface area contributed by atoms with Gasteiger partial charge in [0, 0.05) is 6.42 Å². The molecule has 0 spiro atoms. The molecule has 2 aliphatic rings. The fourth-order valence-corrected chi connectivity index (χ4v) is 12.0. The molecule has 2 fully saturated rings. The molecule has 9 N–H and O–H groups in total. The van der Waals surface area contributed by atoms with Crippen molar-refractivity contribution in [1.29, 1.82) is 0 Å². The molecule has 506 valence electrons. The summed E-state index contributed by atoms with van der Waals surface area (Å²) in [4.78, 5) is 13.3. The molecule has 14 heteroatoms. The second-order valence-electron chi connectivity index (χ2n) is 25.7. The molecule has 12 atom stereocenters. The van der Waals surface area contributed by atoms with Crippen molar-refractivity contribution < 1.29 is 64.6 Å². The van der Waals surface area contributed by atoms with Crippen LogP contribution in [0.3, 0.4) is 0 Å².